The van der Waals surface area contributed by atoms with Gasteiger partial charge in [-0.15, -0.1) is 0 Å². The zero-order valence-corrected chi connectivity index (χ0v) is 18.2. The van der Waals surface area contributed by atoms with Crippen LogP contribution in [0.5, 0.6) is 0 Å². The van der Waals surface area contributed by atoms with Gasteiger partial charge in [0.1, 0.15) is 6.04 Å². The Balaban J connectivity index is 1.99. The van der Waals surface area contributed by atoms with Gasteiger partial charge in [0.05, 0.1) is 0 Å². The predicted molar refractivity (Wildman–Crippen MR) is 117 cm³/mol. The van der Waals surface area contributed by atoms with E-state index in [2.05, 4.69) is 10.6 Å². The van der Waals surface area contributed by atoms with Crippen molar-refractivity contribution in [2.24, 2.45) is 5.92 Å². The summed E-state index contributed by atoms with van der Waals surface area (Å²) < 4.78 is 5.21. The van der Waals surface area contributed by atoms with Gasteiger partial charge in [-0.25, -0.2) is 4.79 Å². The number of anilines is 1. The number of rotatable bonds is 8. The molecule has 2 aromatic rings. The Kier molecular flexibility index (Phi) is 8.16. The van der Waals surface area contributed by atoms with Crippen molar-refractivity contribution in [3.8, 4) is 0 Å². The first-order valence-electron chi connectivity index (χ1n) is 10.2. The SMILES string of the molecule is CCc1cccc(C)c1NC(=O)COC(=O)[C@@H](NC(=O)c1ccccc1C)C(C)C. The van der Waals surface area contributed by atoms with Crippen molar-refractivity contribution in [1.82, 2.24) is 5.32 Å². The minimum atomic E-state index is -0.852. The van der Waals surface area contributed by atoms with Gasteiger partial charge in [0.25, 0.3) is 11.8 Å². The number of nitrogens with one attached hydrogen (secondary N) is 2. The number of esters is 1. The Morgan fingerprint density at radius 2 is 1.63 bits per heavy atom. The number of carbonyl (C=O) groups excluding carboxylic acids is 3. The van der Waals surface area contributed by atoms with E-state index >= 15 is 0 Å². The molecule has 0 saturated heterocycles. The van der Waals surface area contributed by atoms with Gasteiger partial charge < -0.3 is 15.4 Å². The summed E-state index contributed by atoms with van der Waals surface area (Å²) in [6.45, 7) is 8.96. The van der Waals surface area contributed by atoms with Crippen LogP contribution in [0.4, 0.5) is 5.69 Å². The third-order valence-corrected chi connectivity index (χ3v) is 4.95. The topological polar surface area (TPSA) is 84.5 Å². The quantitative estimate of drug-likeness (QED) is 0.648. The van der Waals surface area contributed by atoms with Gasteiger partial charge in [0.2, 0.25) is 0 Å². The Hall–Kier alpha value is -3.15. The van der Waals surface area contributed by atoms with Gasteiger partial charge in [-0.1, -0.05) is 57.2 Å². The molecular formula is C24H30N2O4. The molecule has 0 bridgehead atoms. The van der Waals surface area contributed by atoms with Crippen LogP contribution >= 0.6 is 0 Å². The molecule has 2 aromatic carbocycles. The van der Waals surface area contributed by atoms with Crippen LogP contribution in [0.1, 0.15) is 47.8 Å². The van der Waals surface area contributed by atoms with Gasteiger partial charge in [-0.3, -0.25) is 9.59 Å². The van der Waals surface area contributed by atoms with Crippen molar-refractivity contribution in [2.75, 3.05) is 11.9 Å². The number of hydrogen-bond acceptors (Lipinski definition) is 4. The first-order valence-corrected chi connectivity index (χ1v) is 10.2. The Morgan fingerprint density at radius 3 is 2.27 bits per heavy atom. The maximum Gasteiger partial charge on any atom is 0.329 e. The fourth-order valence-corrected chi connectivity index (χ4v) is 3.15. The molecule has 0 aromatic heterocycles. The van der Waals surface area contributed by atoms with E-state index in [1.807, 2.05) is 65.0 Å². The standard InChI is InChI=1S/C24H30N2O4/c1-6-18-12-9-11-17(5)22(18)25-20(27)14-30-24(29)21(15(2)3)26-23(28)19-13-8-7-10-16(19)4/h7-13,15,21H,6,14H2,1-5H3,(H,25,27)(H,26,28)/t21-/m0/s1. The highest BCUT2D eigenvalue weighted by atomic mass is 16.5. The highest BCUT2D eigenvalue weighted by Crippen LogP contribution is 2.21. The minimum absolute atomic E-state index is 0.198. The van der Waals surface area contributed by atoms with Crippen LogP contribution in [0.25, 0.3) is 0 Å². The number of para-hydroxylation sites is 1. The normalized spacial score (nSPS) is 11.7. The van der Waals surface area contributed by atoms with E-state index < -0.39 is 24.5 Å². The summed E-state index contributed by atoms with van der Waals surface area (Å²) in [5, 5.41) is 5.55. The summed E-state index contributed by atoms with van der Waals surface area (Å²) >= 11 is 0. The van der Waals surface area contributed by atoms with Crippen molar-refractivity contribution >= 4 is 23.5 Å². The summed E-state index contributed by atoms with van der Waals surface area (Å²) in [5.74, 6) is -1.60. The smallest absolute Gasteiger partial charge is 0.329 e. The van der Waals surface area contributed by atoms with Crippen LogP contribution in [0.15, 0.2) is 42.5 Å². The molecule has 0 saturated carbocycles. The predicted octanol–water partition coefficient (Wildman–Crippen LogP) is 3.80. The monoisotopic (exact) mass is 410 g/mol. The molecule has 0 unspecified atom stereocenters. The van der Waals surface area contributed by atoms with Crippen molar-refractivity contribution in [1.29, 1.82) is 0 Å². The molecule has 0 spiro atoms. The van der Waals surface area contributed by atoms with Crippen LogP contribution < -0.4 is 10.6 Å². The summed E-state index contributed by atoms with van der Waals surface area (Å²) in [5.41, 5.74) is 4.02. The number of carbonyl (C=O) groups is 3. The maximum atomic E-state index is 12.6. The molecule has 160 valence electrons. The first-order chi connectivity index (χ1) is 14.2. The second kappa shape index (κ2) is 10.6. The molecule has 0 heterocycles. The molecule has 0 aliphatic carbocycles. The van der Waals surface area contributed by atoms with Crippen molar-refractivity contribution in [3.63, 3.8) is 0 Å². The van der Waals surface area contributed by atoms with E-state index in [-0.39, 0.29) is 11.8 Å². The molecular weight excluding hydrogens is 380 g/mol. The van der Waals surface area contributed by atoms with Gasteiger partial charge in [-0.2, -0.15) is 0 Å². The summed E-state index contributed by atoms with van der Waals surface area (Å²) in [6, 6.07) is 12.1. The Morgan fingerprint density at radius 1 is 0.967 bits per heavy atom. The molecule has 0 fully saturated rings. The van der Waals surface area contributed by atoms with Gasteiger partial charge >= 0.3 is 5.97 Å². The molecule has 6 heteroatoms. The lowest BCUT2D eigenvalue weighted by molar-refractivity contribution is -0.150. The lowest BCUT2D eigenvalue weighted by Gasteiger charge is -2.21. The summed E-state index contributed by atoms with van der Waals surface area (Å²) in [7, 11) is 0. The Labute approximate surface area is 178 Å². The average Bonchev–Trinajstić information content (AvgIpc) is 2.71. The van der Waals surface area contributed by atoms with Crippen LogP contribution in [-0.4, -0.2) is 30.4 Å². The second-order valence-electron chi connectivity index (χ2n) is 7.63. The molecule has 0 aliphatic rings. The molecule has 0 radical (unpaired) electrons. The summed E-state index contributed by atoms with van der Waals surface area (Å²) in [6.07, 6.45) is 0.775. The van der Waals surface area contributed by atoms with Crippen molar-refractivity contribution in [3.05, 3.63) is 64.7 Å². The largest absolute Gasteiger partial charge is 0.454 e. The van der Waals surface area contributed by atoms with Crippen LogP contribution in [0.2, 0.25) is 0 Å². The van der Waals surface area contributed by atoms with Crippen LogP contribution in [0.3, 0.4) is 0 Å². The van der Waals surface area contributed by atoms with E-state index in [1.54, 1.807) is 12.1 Å². The maximum absolute atomic E-state index is 12.6. The fourth-order valence-electron chi connectivity index (χ4n) is 3.15. The van der Waals surface area contributed by atoms with E-state index in [9.17, 15) is 14.4 Å². The zero-order chi connectivity index (χ0) is 22.3. The first kappa shape index (κ1) is 23.1. The lowest BCUT2D eigenvalue weighted by atomic mass is 10.0. The van der Waals surface area contributed by atoms with Crippen molar-refractivity contribution in [2.45, 2.75) is 47.1 Å². The van der Waals surface area contributed by atoms with Gasteiger partial charge in [-0.05, 0) is 48.9 Å². The molecule has 0 aliphatic heterocycles. The zero-order valence-electron chi connectivity index (χ0n) is 18.2. The fraction of sp³-hybridized carbons (Fsp3) is 0.375. The van der Waals surface area contributed by atoms with Crippen molar-refractivity contribution < 1.29 is 19.1 Å². The third kappa shape index (κ3) is 5.92. The van der Waals surface area contributed by atoms with Gasteiger partial charge in [0, 0.05) is 11.3 Å². The molecule has 2 N–H and O–H groups in total. The number of aryl methyl sites for hydroxylation is 3. The van der Waals surface area contributed by atoms with E-state index in [0.717, 1.165) is 28.8 Å². The minimum Gasteiger partial charge on any atom is -0.454 e. The highest BCUT2D eigenvalue weighted by molar-refractivity contribution is 5.98. The third-order valence-electron chi connectivity index (χ3n) is 4.95. The number of benzene rings is 2. The van der Waals surface area contributed by atoms with E-state index in [0.29, 0.717) is 5.56 Å². The average molecular weight is 411 g/mol. The number of amides is 2. The number of hydrogen-bond donors (Lipinski definition) is 2. The molecule has 2 rings (SSSR count). The van der Waals surface area contributed by atoms with Gasteiger partial charge in [0.15, 0.2) is 6.61 Å². The highest BCUT2D eigenvalue weighted by Gasteiger charge is 2.27. The molecule has 2 amide bonds. The summed E-state index contributed by atoms with van der Waals surface area (Å²) in [4.78, 5) is 37.5. The molecule has 1 atom stereocenters. The molecule has 6 nitrogen and oxygen atoms in total. The van der Waals surface area contributed by atoms with Crippen LogP contribution in [0, 0.1) is 19.8 Å². The van der Waals surface area contributed by atoms with E-state index in [1.165, 1.54) is 0 Å². The Bertz CT molecular complexity index is 921. The number of ether oxygens (including phenoxy) is 1. The van der Waals surface area contributed by atoms with Crippen LogP contribution in [-0.2, 0) is 20.7 Å². The second-order valence-corrected chi connectivity index (χ2v) is 7.63. The van der Waals surface area contributed by atoms with E-state index in [4.69, 9.17) is 4.74 Å². The molecule has 30 heavy (non-hydrogen) atoms. The lowest BCUT2D eigenvalue weighted by Crippen LogP contribution is -2.46.